The lowest BCUT2D eigenvalue weighted by atomic mass is 10.2. The van der Waals surface area contributed by atoms with Crippen LogP contribution in [0.3, 0.4) is 0 Å². The molecular formula is C15H17N5O3. The van der Waals surface area contributed by atoms with E-state index in [2.05, 4.69) is 21.0 Å². The van der Waals surface area contributed by atoms with Crippen LogP contribution in [-0.4, -0.2) is 40.2 Å². The number of hydrogen-bond acceptors (Lipinski definition) is 4. The van der Waals surface area contributed by atoms with Crippen LogP contribution in [0, 0.1) is 0 Å². The van der Waals surface area contributed by atoms with E-state index in [-0.39, 0.29) is 12.3 Å². The van der Waals surface area contributed by atoms with Crippen LogP contribution >= 0.6 is 0 Å². The molecule has 1 aromatic carbocycles. The van der Waals surface area contributed by atoms with Gasteiger partial charge in [-0.05, 0) is 12.5 Å². The molecule has 120 valence electrons. The zero-order chi connectivity index (χ0) is 16.2. The average molecular weight is 315 g/mol. The molecule has 4 amide bonds. The number of amides is 4. The number of fused-ring (bicyclic) bond motifs is 1. The lowest BCUT2D eigenvalue weighted by Gasteiger charge is -2.08. The molecule has 0 bridgehead atoms. The SMILES string of the molecule is O=C(CC1NC(=O)NC1=O)NCCCn1ncc2ccccc21. The molecule has 1 saturated heterocycles. The summed E-state index contributed by atoms with van der Waals surface area (Å²) in [4.78, 5) is 34.1. The molecule has 23 heavy (non-hydrogen) atoms. The molecule has 2 heterocycles. The van der Waals surface area contributed by atoms with E-state index in [1.54, 1.807) is 0 Å². The number of aryl methyl sites for hydroxylation is 1. The largest absolute Gasteiger partial charge is 0.356 e. The van der Waals surface area contributed by atoms with E-state index in [0.29, 0.717) is 13.1 Å². The average Bonchev–Trinajstić information content (AvgIpc) is 3.07. The molecule has 0 radical (unpaired) electrons. The number of nitrogens with one attached hydrogen (secondary N) is 3. The van der Waals surface area contributed by atoms with E-state index in [9.17, 15) is 14.4 Å². The number of imide groups is 1. The minimum atomic E-state index is -0.780. The van der Waals surface area contributed by atoms with Gasteiger partial charge in [-0.25, -0.2) is 4.79 Å². The summed E-state index contributed by atoms with van der Waals surface area (Å²) in [5.41, 5.74) is 1.06. The van der Waals surface area contributed by atoms with Crippen molar-refractivity contribution in [3.8, 4) is 0 Å². The highest BCUT2D eigenvalue weighted by atomic mass is 16.2. The van der Waals surface area contributed by atoms with Gasteiger partial charge in [0.2, 0.25) is 5.91 Å². The molecule has 0 spiro atoms. The molecule has 0 saturated carbocycles. The number of aromatic nitrogens is 2. The van der Waals surface area contributed by atoms with Crippen LogP contribution in [0.5, 0.6) is 0 Å². The van der Waals surface area contributed by atoms with Crippen molar-refractivity contribution in [3.63, 3.8) is 0 Å². The predicted octanol–water partition coefficient (Wildman–Crippen LogP) is 0.141. The van der Waals surface area contributed by atoms with Gasteiger partial charge in [-0.1, -0.05) is 18.2 Å². The monoisotopic (exact) mass is 315 g/mol. The fourth-order valence-corrected chi connectivity index (χ4v) is 2.52. The van der Waals surface area contributed by atoms with Gasteiger partial charge in [-0.3, -0.25) is 19.6 Å². The zero-order valence-corrected chi connectivity index (χ0v) is 12.4. The number of carbonyl (C=O) groups excluding carboxylic acids is 3. The minimum Gasteiger partial charge on any atom is -0.356 e. The molecule has 8 nitrogen and oxygen atoms in total. The van der Waals surface area contributed by atoms with Gasteiger partial charge >= 0.3 is 6.03 Å². The normalized spacial score (nSPS) is 17.1. The van der Waals surface area contributed by atoms with E-state index in [1.807, 2.05) is 35.1 Å². The second-order valence-electron chi connectivity index (χ2n) is 5.35. The maximum Gasteiger partial charge on any atom is 0.322 e. The van der Waals surface area contributed by atoms with Gasteiger partial charge in [-0.15, -0.1) is 0 Å². The van der Waals surface area contributed by atoms with Crippen LogP contribution < -0.4 is 16.0 Å². The van der Waals surface area contributed by atoms with Crippen LogP contribution in [0.4, 0.5) is 4.79 Å². The lowest BCUT2D eigenvalue weighted by molar-refractivity contribution is -0.126. The second kappa shape index (κ2) is 6.47. The summed E-state index contributed by atoms with van der Waals surface area (Å²) < 4.78 is 1.89. The van der Waals surface area contributed by atoms with E-state index in [1.165, 1.54) is 0 Å². The zero-order valence-electron chi connectivity index (χ0n) is 12.4. The highest BCUT2D eigenvalue weighted by Gasteiger charge is 2.30. The van der Waals surface area contributed by atoms with Gasteiger partial charge in [0, 0.05) is 18.5 Å². The Morgan fingerprint density at radius 2 is 2.13 bits per heavy atom. The van der Waals surface area contributed by atoms with Crippen molar-refractivity contribution in [1.82, 2.24) is 25.7 Å². The fraction of sp³-hybridized carbons (Fsp3) is 0.333. The molecule has 1 fully saturated rings. The third-order valence-electron chi connectivity index (χ3n) is 3.67. The van der Waals surface area contributed by atoms with Crippen molar-refractivity contribution in [2.45, 2.75) is 25.4 Å². The first kappa shape index (κ1) is 15.0. The standard InChI is InChI=1S/C15H17N5O3/c21-13(8-11-14(22)19-15(23)18-11)16-6-3-7-20-12-5-2-1-4-10(12)9-17-20/h1-2,4-5,9,11H,3,6-8H2,(H,16,21)(H2,18,19,22,23). The molecule has 1 unspecified atom stereocenters. The predicted molar refractivity (Wildman–Crippen MR) is 82.4 cm³/mol. The number of rotatable bonds is 6. The molecule has 1 aliphatic heterocycles. The van der Waals surface area contributed by atoms with Crippen LogP contribution in [0.2, 0.25) is 0 Å². The number of carbonyl (C=O) groups is 3. The number of benzene rings is 1. The van der Waals surface area contributed by atoms with E-state index in [0.717, 1.165) is 17.3 Å². The van der Waals surface area contributed by atoms with E-state index in [4.69, 9.17) is 0 Å². The van der Waals surface area contributed by atoms with E-state index < -0.39 is 18.0 Å². The van der Waals surface area contributed by atoms with Crippen molar-refractivity contribution in [2.75, 3.05) is 6.54 Å². The topological polar surface area (TPSA) is 105 Å². The summed E-state index contributed by atoms with van der Waals surface area (Å²) in [6.07, 6.45) is 2.48. The maximum absolute atomic E-state index is 11.8. The van der Waals surface area contributed by atoms with Crippen molar-refractivity contribution in [3.05, 3.63) is 30.5 Å². The Hall–Kier alpha value is -2.90. The van der Waals surface area contributed by atoms with E-state index >= 15 is 0 Å². The fourth-order valence-electron chi connectivity index (χ4n) is 2.52. The molecule has 8 heteroatoms. The van der Waals surface area contributed by atoms with Gasteiger partial charge in [0.05, 0.1) is 18.1 Å². The summed E-state index contributed by atoms with van der Waals surface area (Å²) >= 11 is 0. The molecule has 1 atom stereocenters. The summed E-state index contributed by atoms with van der Waals surface area (Å²) in [6.45, 7) is 1.17. The van der Waals surface area contributed by atoms with Crippen molar-refractivity contribution < 1.29 is 14.4 Å². The second-order valence-corrected chi connectivity index (χ2v) is 5.35. The summed E-state index contributed by atoms with van der Waals surface area (Å²) in [5, 5.41) is 12.6. The van der Waals surface area contributed by atoms with Crippen LogP contribution in [0.25, 0.3) is 10.9 Å². The van der Waals surface area contributed by atoms with Gasteiger partial charge < -0.3 is 10.6 Å². The third kappa shape index (κ3) is 3.47. The molecule has 1 aliphatic rings. The quantitative estimate of drug-likeness (QED) is 0.521. The number of urea groups is 1. The molecule has 0 aliphatic carbocycles. The summed E-state index contributed by atoms with van der Waals surface area (Å²) in [5.74, 6) is -0.731. The van der Waals surface area contributed by atoms with Gasteiger partial charge in [-0.2, -0.15) is 5.10 Å². The Bertz CT molecular complexity index is 754. The van der Waals surface area contributed by atoms with Gasteiger partial charge in [0.1, 0.15) is 6.04 Å². The Labute approximate surface area is 132 Å². The Balaban J connectivity index is 1.42. The summed E-state index contributed by atoms with van der Waals surface area (Å²) in [6, 6.07) is 6.59. The Kier molecular flexibility index (Phi) is 4.22. The van der Waals surface area contributed by atoms with Gasteiger partial charge in [0.25, 0.3) is 5.91 Å². The van der Waals surface area contributed by atoms with Crippen LogP contribution in [-0.2, 0) is 16.1 Å². The third-order valence-corrected chi connectivity index (χ3v) is 3.67. The molecule has 2 aromatic rings. The number of hydrogen-bond donors (Lipinski definition) is 3. The highest BCUT2D eigenvalue weighted by molar-refractivity contribution is 6.05. The first-order valence-corrected chi connectivity index (χ1v) is 7.42. The maximum atomic E-state index is 11.8. The van der Waals surface area contributed by atoms with Crippen molar-refractivity contribution >= 4 is 28.7 Å². The Morgan fingerprint density at radius 1 is 1.30 bits per heavy atom. The molecular weight excluding hydrogens is 298 g/mol. The number of nitrogens with zero attached hydrogens (tertiary/aromatic N) is 2. The van der Waals surface area contributed by atoms with Crippen molar-refractivity contribution in [2.24, 2.45) is 0 Å². The molecule has 3 rings (SSSR count). The molecule has 1 aromatic heterocycles. The smallest absolute Gasteiger partial charge is 0.322 e. The first-order chi connectivity index (χ1) is 11.1. The van der Waals surface area contributed by atoms with Crippen molar-refractivity contribution in [1.29, 1.82) is 0 Å². The number of para-hydroxylation sites is 1. The lowest BCUT2D eigenvalue weighted by Crippen LogP contribution is -2.36. The summed E-state index contributed by atoms with van der Waals surface area (Å²) in [7, 11) is 0. The first-order valence-electron chi connectivity index (χ1n) is 7.42. The molecule has 3 N–H and O–H groups in total. The van der Waals surface area contributed by atoms with Crippen LogP contribution in [0.1, 0.15) is 12.8 Å². The Morgan fingerprint density at radius 3 is 2.91 bits per heavy atom. The van der Waals surface area contributed by atoms with Gasteiger partial charge in [0.15, 0.2) is 0 Å². The minimum absolute atomic E-state index is 0.0533. The highest BCUT2D eigenvalue weighted by Crippen LogP contribution is 2.12. The van der Waals surface area contributed by atoms with Crippen LogP contribution in [0.15, 0.2) is 30.5 Å².